The van der Waals surface area contributed by atoms with Crippen LogP contribution in [0.1, 0.15) is 38.8 Å². The molecule has 3 rings (SSSR count). The van der Waals surface area contributed by atoms with Crippen LogP contribution >= 0.6 is 0 Å². The van der Waals surface area contributed by atoms with E-state index in [-0.39, 0.29) is 34.6 Å². The van der Waals surface area contributed by atoms with E-state index in [0.717, 1.165) is 12.1 Å². The molecule has 0 saturated carbocycles. The van der Waals surface area contributed by atoms with Crippen LogP contribution in [0.4, 0.5) is 17.8 Å². The highest BCUT2D eigenvalue weighted by atomic mass is 16.6. The highest BCUT2D eigenvalue weighted by molar-refractivity contribution is 5.88. The summed E-state index contributed by atoms with van der Waals surface area (Å²) >= 11 is 0. The molecule has 11 nitrogen and oxygen atoms in total. The van der Waals surface area contributed by atoms with Gasteiger partial charge in [0.15, 0.2) is 5.82 Å². The van der Waals surface area contributed by atoms with Gasteiger partial charge in [0, 0.05) is 18.2 Å². The second kappa shape index (κ2) is 6.49. The van der Waals surface area contributed by atoms with E-state index < -0.39 is 10.8 Å². The van der Waals surface area contributed by atoms with E-state index in [1.165, 1.54) is 18.2 Å². The average Bonchev–Trinajstić information content (AvgIpc) is 3.15. The van der Waals surface area contributed by atoms with Gasteiger partial charge in [-0.1, -0.05) is 0 Å². The first-order chi connectivity index (χ1) is 12.7. The molecule has 0 amide bonds. The van der Waals surface area contributed by atoms with Crippen LogP contribution in [0, 0.1) is 21.4 Å². The van der Waals surface area contributed by atoms with Gasteiger partial charge in [0.2, 0.25) is 5.95 Å². The first kappa shape index (κ1) is 18.0. The van der Waals surface area contributed by atoms with E-state index >= 15 is 0 Å². The molecular weight excluding hydrogens is 352 g/mol. The maximum atomic E-state index is 10.7. The Morgan fingerprint density at radius 1 is 1.44 bits per heavy atom. The standard InChI is InChI=1S/C16H16N8O3/c1-9-7-16(2,3)23(22-9)15-20-13(19-14(18)21-15)10(8-17)6-11-4-5-12(27-11)24(25)26/h4-6H,7H2,1-3H3,(H2,18,19,20,21). The fourth-order valence-electron chi connectivity index (χ4n) is 2.76. The van der Waals surface area contributed by atoms with Crippen LogP contribution in [0.15, 0.2) is 21.7 Å². The predicted molar refractivity (Wildman–Crippen MR) is 97.4 cm³/mol. The van der Waals surface area contributed by atoms with Crippen molar-refractivity contribution in [3.63, 3.8) is 0 Å². The number of nitro groups is 1. The lowest BCUT2D eigenvalue weighted by Crippen LogP contribution is -2.37. The van der Waals surface area contributed by atoms with Gasteiger partial charge in [-0.3, -0.25) is 10.1 Å². The Bertz CT molecular complexity index is 1010. The van der Waals surface area contributed by atoms with Crippen molar-refractivity contribution in [1.82, 2.24) is 15.0 Å². The molecule has 138 valence electrons. The van der Waals surface area contributed by atoms with Gasteiger partial charge in [-0.15, -0.1) is 0 Å². The molecule has 27 heavy (non-hydrogen) atoms. The quantitative estimate of drug-likeness (QED) is 0.485. The summed E-state index contributed by atoms with van der Waals surface area (Å²) in [7, 11) is 0. The second-order valence-corrected chi connectivity index (χ2v) is 6.56. The zero-order valence-corrected chi connectivity index (χ0v) is 14.9. The fraction of sp³-hybridized carbons (Fsp3) is 0.312. The molecule has 1 aliphatic heterocycles. The van der Waals surface area contributed by atoms with Crippen LogP contribution in [0.25, 0.3) is 11.6 Å². The molecule has 0 aliphatic carbocycles. The molecule has 2 aromatic heterocycles. The van der Waals surface area contributed by atoms with E-state index in [0.29, 0.717) is 0 Å². The molecule has 0 atom stereocenters. The molecule has 0 bridgehead atoms. The maximum Gasteiger partial charge on any atom is 0.433 e. The molecule has 0 saturated heterocycles. The molecule has 2 aromatic rings. The van der Waals surface area contributed by atoms with Crippen molar-refractivity contribution >= 4 is 35.1 Å². The van der Waals surface area contributed by atoms with Crippen LogP contribution < -0.4 is 10.7 Å². The highest BCUT2D eigenvalue weighted by Crippen LogP contribution is 2.31. The average molecular weight is 368 g/mol. The van der Waals surface area contributed by atoms with Gasteiger partial charge in [-0.2, -0.15) is 25.3 Å². The van der Waals surface area contributed by atoms with Crippen molar-refractivity contribution in [2.75, 3.05) is 10.7 Å². The van der Waals surface area contributed by atoms with E-state index in [9.17, 15) is 15.4 Å². The third-order valence-electron chi connectivity index (χ3n) is 3.80. The largest absolute Gasteiger partial charge is 0.433 e. The zero-order valence-electron chi connectivity index (χ0n) is 14.9. The summed E-state index contributed by atoms with van der Waals surface area (Å²) < 4.78 is 5.05. The Morgan fingerprint density at radius 2 is 2.19 bits per heavy atom. The van der Waals surface area contributed by atoms with Gasteiger partial charge in [-0.05, 0) is 26.8 Å². The number of aromatic nitrogens is 3. The van der Waals surface area contributed by atoms with Crippen LogP contribution in [0.3, 0.4) is 0 Å². The number of nitrogens with two attached hydrogens (primary N) is 1. The Labute approximate surface area is 154 Å². The Hall–Kier alpha value is -3.81. The van der Waals surface area contributed by atoms with Crippen molar-refractivity contribution in [2.45, 2.75) is 32.7 Å². The molecule has 0 spiro atoms. The number of allylic oxidation sites excluding steroid dienone is 1. The number of rotatable bonds is 4. The van der Waals surface area contributed by atoms with Crippen molar-refractivity contribution < 1.29 is 9.34 Å². The molecule has 0 radical (unpaired) electrons. The summed E-state index contributed by atoms with van der Waals surface area (Å²) in [6.07, 6.45) is 2.03. The minimum Gasteiger partial charge on any atom is -0.401 e. The van der Waals surface area contributed by atoms with Gasteiger partial charge in [0.1, 0.15) is 22.3 Å². The summed E-state index contributed by atoms with van der Waals surface area (Å²) in [5.41, 5.74) is 6.38. The number of nitriles is 1. The van der Waals surface area contributed by atoms with Crippen LogP contribution in [-0.4, -0.2) is 31.1 Å². The highest BCUT2D eigenvalue weighted by Gasteiger charge is 2.35. The minimum absolute atomic E-state index is 0.0207. The van der Waals surface area contributed by atoms with Crippen molar-refractivity contribution in [3.05, 3.63) is 33.8 Å². The molecule has 0 fully saturated rings. The Balaban J connectivity index is 2.03. The molecule has 0 unspecified atom stereocenters. The van der Waals surface area contributed by atoms with Gasteiger partial charge in [-0.25, -0.2) is 5.01 Å². The normalized spacial score (nSPS) is 16.1. The number of furan rings is 1. The van der Waals surface area contributed by atoms with Crippen LogP contribution in [0.5, 0.6) is 0 Å². The monoisotopic (exact) mass is 368 g/mol. The third-order valence-corrected chi connectivity index (χ3v) is 3.80. The summed E-state index contributed by atoms with van der Waals surface area (Å²) in [5.74, 6) is -0.148. The van der Waals surface area contributed by atoms with Crippen molar-refractivity contribution in [2.24, 2.45) is 5.10 Å². The first-order valence-electron chi connectivity index (χ1n) is 7.92. The van der Waals surface area contributed by atoms with E-state index in [1.54, 1.807) is 5.01 Å². The molecule has 3 heterocycles. The Morgan fingerprint density at radius 3 is 2.74 bits per heavy atom. The van der Waals surface area contributed by atoms with Gasteiger partial charge >= 0.3 is 5.88 Å². The number of hydrogen-bond donors (Lipinski definition) is 1. The maximum absolute atomic E-state index is 10.7. The summed E-state index contributed by atoms with van der Waals surface area (Å²) in [5, 5.41) is 26.3. The van der Waals surface area contributed by atoms with E-state index in [2.05, 4.69) is 20.1 Å². The lowest BCUT2D eigenvalue weighted by molar-refractivity contribution is -0.402. The summed E-state index contributed by atoms with van der Waals surface area (Å²) in [4.78, 5) is 22.5. The first-order valence-corrected chi connectivity index (χ1v) is 7.92. The lowest BCUT2D eigenvalue weighted by atomic mass is 9.99. The molecule has 0 aromatic carbocycles. The third kappa shape index (κ3) is 3.59. The van der Waals surface area contributed by atoms with Crippen molar-refractivity contribution in [3.8, 4) is 6.07 Å². The molecular formula is C16H16N8O3. The van der Waals surface area contributed by atoms with Gasteiger partial charge in [0.25, 0.3) is 5.95 Å². The summed E-state index contributed by atoms with van der Waals surface area (Å²) in [6.45, 7) is 5.86. The number of nitrogen functional groups attached to an aromatic ring is 1. The minimum atomic E-state index is -0.668. The smallest absolute Gasteiger partial charge is 0.401 e. The fourth-order valence-corrected chi connectivity index (χ4v) is 2.76. The number of anilines is 2. The predicted octanol–water partition coefficient (Wildman–Crippen LogP) is 2.38. The molecule has 1 aliphatic rings. The van der Waals surface area contributed by atoms with Crippen LogP contribution in [-0.2, 0) is 0 Å². The second-order valence-electron chi connectivity index (χ2n) is 6.56. The lowest BCUT2D eigenvalue weighted by Gasteiger charge is -2.28. The van der Waals surface area contributed by atoms with E-state index in [1.807, 2.05) is 26.8 Å². The van der Waals surface area contributed by atoms with E-state index in [4.69, 9.17) is 10.2 Å². The number of hydrogen-bond acceptors (Lipinski definition) is 10. The number of nitrogens with zero attached hydrogens (tertiary/aromatic N) is 7. The van der Waals surface area contributed by atoms with Gasteiger partial charge < -0.3 is 10.2 Å². The Kier molecular flexibility index (Phi) is 4.32. The molecule has 2 N–H and O–H groups in total. The van der Waals surface area contributed by atoms with Crippen molar-refractivity contribution in [1.29, 1.82) is 5.26 Å². The SMILES string of the molecule is CC1=NN(c2nc(N)nc(C(C#N)=Cc3ccc([N+](=O)[O-])o3)n2)C(C)(C)C1. The topological polar surface area (TPSA) is 160 Å². The summed E-state index contributed by atoms with van der Waals surface area (Å²) in [6, 6.07) is 4.51. The van der Waals surface area contributed by atoms with Crippen LogP contribution in [0.2, 0.25) is 0 Å². The van der Waals surface area contributed by atoms with Gasteiger partial charge in [0.05, 0.1) is 11.6 Å². The zero-order chi connectivity index (χ0) is 19.8. The molecule has 11 heteroatoms. The number of hydrazone groups is 1.